The van der Waals surface area contributed by atoms with Crippen LogP contribution in [0.1, 0.15) is 25.7 Å². The van der Waals surface area contributed by atoms with Crippen molar-refractivity contribution in [1.29, 1.82) is 0 Å². The largest absolute Gasteiger partial charge is 0.501 e. The second kappa shape index (κ2) is 6.51. The normalized spacial score (nSPS) is 21.9. The number of rotatable bonds is 4. The quantitative estimate of drug-likeness (QED) is 0.877. The Morgan fingerprint density at radius 3 is 2.32 bits per heavy atom. The summed E-state index contributed by atoms with van der Waals surface area (Å²) in [6.07, 6.45) is 3.59. The molecule has 0 aromatic heterocycles. The minimum Gasteiger partial charge on any atom is -0.371 e. The molecule has 1 unspecified atom stereocenters. The van der Waals surface area contributed by atoms with Crippen LogP contribution in [-0.4, -0.2) is 39.0 Å². The minimum absolute atomic E-state index is 0.0171. The van der Waals surface area contributed by atoms with E-state index < -0.39 is 20.2 Å². The first kappa shape index (κ1) is 18.0. The summed E-state index contributed by atoms with van der Waals surface area (Å²) in [5, 5.41) is 2.97. The van der Waals surface area contributed by atoms with Crippen LogP contribution in [0.15, 0.2) is 29.2 Å². The van der Waals surface area contributed by atoms with Crippen LogP contribution < -0.4 is 10.2 Å². The van der Waals surface area contributed by atoms with Gasteiger partial charge in [0.2, 0.25) is 5.91 Å². The van der Waals surface area contributed by atoms with Gasteiger partial charge in [-0.25, -0.2) is 8.42 Å². The minimum atomic E-state index is -5.34. The van der Waals surface area contributed by atoms with E-state index in [0.29, 0.717) is 18.8 Å². The molecule has 0 spiro atoms. The van der Waals surface area contributed by atoms with E-state index in [1.165, 1.54) is 12.1 Å². The number of halogens is 3. The van der Waals surface area contributed by atoms with Crippen molar-refractivity contribution in [3.63, 3.8) is 0 Å². The first-order valence-electron chi connectivity index (χ1n) is 8.15. The van der Waals surface area contributed by atoms with E-state index in [1.54, 1.807) is 0 Å². The predicted octanol–water partition coefficient (Wildman–Crippen LogP) is 2.48. The highest BCUT2D eigenvalue weighted by molar-refractivity contribution is 7.92. The average molecular weight is 376 g/mol. The average Bonchev–Trinajstić information content (AvgIpc) is 3.38. The molecular weight excluding hydrogens is 357 g/mol. The fraction of sp³-hybridized carbons (Fsp3) is 0.562. The number of benzene rings is 1. The lowest BCUT2D eigenvalue weighted by Crippen LogP contribution is -2.43. The molecular formula is C16H19F3N2O3S. The van der Waals surface area contributed by atoms with Crippen molar-refractivity contribution in [2.45, 2.75) is 42.1 Å². The fourth-order valence-electron chi connectivity index (χ4n) is 2.94. The molecule has 1 aliphatic heterocycles. The zero-order valence-corrected chi connectivity index (χ0v) is 14.2. The Bertz CT molecular complexity index is 743. The standard InChI is InChI=1S/C16H19F3N2O3S/c17-16(18,19)25(23,24)14-7-5-13(6-8-14)21-9-1-2-11(10-21)15(22)20-12-3-4-12/h5-8,11-12H,1-4,9-10H2,(H,20,22). The highest BCUT2D eigenvalue weighted by atomic mass is 32.2. The number of nitrogens with zero attached hydrogens (tertiary/aromatic N) is 1. The van der Waals surface area contributed by atoms with Crippen LogP contribution in [0.3, 0.4) is 0 Å². The maximum Gasteiger partial charge on any atom is 0.501 e. The van der Waals surface area contributed by atoms with E-state index in [9.17, 15) is 26.4 Å². The number of carbonyl (C=O) groups excluding carboxylic acids is 1. The fourth-order valence-corrected chi connectivity index (χ4v) is 3.70. The molecule has 1 atom stereocenters. The molecule has 9 heteroatoms. The van der Waals surface area contributed by atoms with Gasteiger partial charge < -0.3 is 10.2 Å². The van der Waals surface area contributed by atoms with E-state index in [-0.39, 0.29) is 17.9 Å². The molecule has 1 aromatic carbocycles. The number of sulfone groups is 1. The van der Waals surface area contributed by atoms with Crippen molar-refractivity contribution in [1.82, 2.24) is 5.32 Å². The first-order chi connectivity index (χ1) is 11.7. The molecule has 1 amide bonds. The Morgan fingerprint density at radius 2 is 1.76 bits per heavy atom. The molecule has 0 bridgehead atoms. The summed E-state index contributed by atoms with van der Waals surface area (Å²) in [7, 11) is -5.34. The summed E-state index contributed by atoms with van der Waals surface area (Å²) in [6.45, 7) is 1.16. The predicted molar refractivity (Wildman–Crippen MR) is 85.8 cm³/mol. The monoisotopic (exact) mass is 376 g/mol. The van der Waals surface area contributed by atoms with Gasteiger partial charge in [-0.15, -0.1) is 0 Å². The van der Waals surface area contributed by atoms with Gasteiger partial charge in [0, 0.05) is 24.8 Å². The zero-order valence-electron chi connectivity index (χ0n) is 13.4. The summed E-state index contributed by atoms with van der Waals surface area (Å²) in [5.41, 5.74) is -4.70. The lowest BCUT2D eigenvalue weighted by atomic mass is 9.96. The second-order valence-corrected chi connectivity index (χ2v) is 8.45. The Hall–Kier alpha value is -1.77. The highest BCUT2D eigenvalue weighted by Crippen LogP contribution is 2.32. The number of anilines is 1. The van der Waals surface area contributed by atoms with E-state index in [1.807, 2.05) is 4.90 Å². The van der Waals surface area contributed by atoms with Crippen LogP contribution in [0.25, 0.3) is 0 Å². The van der Waals surface area contributed by atoms with Crippen molar-refractivity contribution in [2.75, 3.05) is 18.0 Å². The maximum atomic E-state index is 12.6. The van der Waals surface area contributed by atoms with E-state index in [2.05, 4.69) is 5.32 Å². The number of nitrogens with one attached hydrogen (secondary N) is 1. The Kier molecular flexibility index (Phi) is 4.70. The smallest absolute Gasteiger partial charge is 0.371 e. The SMILES string of the molecule is O=C(NC1CC1)C1CCCN(c2ccc(S(=O)(=O)C(F)(F)F)cc2)C1. The van der Waals surface area contributed by atoms with Crippen molar-refractivity contribution in [3.8, 4) is 0 Å². The van der Waals surface area contributed by atoms with Gasteiger partial charge in [0.25, 0.3) is 9.84 Å². The van der Waals surface area contributed by atoms with Crippen molar-refractivity contribution in [3.05, 3.63) is 24.3 Å². The number of amides is 1. The number of alkyl halides is 3. The summed E-state index contributed by atoms with van der Waals surface area (Å²) in [5.74, 6) is -0.142. The summed E-state index contributed by atoms with van der Waals surface area (Å²) >= 11 is 0. The summed E-state index contributed by atoms with van der Waals surface area (Å²) in [4.78, 5) is 13.3. The lowest BCUT2D eigenvalue weighted by Gasteiger charge is -2.33. The molecule has 2 fully saturated rings. The van der Waals surface area contributed by atoms with Gasteiger partial charge in [-0.05, 0) is 49.9 Å². The topological polar surface area (TPSA) is 66.5 Å². The van der Waals surface area contributed by atoms with Crippen LogP contribution >= 0.6 is 0 Å². The molecule has 25 heavy (non-hydrogen) atoms. The molecule has 1 aliphatic carbocycles. The van der Waals surface area contributed by atoms with Gasteiger partial charge in [-0.2, -0.15) is 13.2 Å². The maximum absolute atomic E-state index is 12.6. The Labute approximate surface area is 144 Å². The summed E-state index contributed by atoms with van der Waals surface area (Å²) in [6, 6.07) is 4.94. The molecule has 1 N–H and O–H groups in total. The van der Waals surface area contributed by atoms with Gasteiger partial charge >= 0.3 is 5.51 Å². The summed E-state index contributed by atoms with van der Waals surface area (Å²) < 4.78 is 60.5. The van der Waals surface area contributed by atoms with Crippen molar-refractivity contribution < 1.29 is 26.4 Å². The van der Waals surface area contributed by atoms with Crippen LogP contribution in [0.2, 0.25) is 0 Å². The van der Waals surface area contributed by atoms with Crippen molar-refractivity contribution in [2.24, 2.45) is 5.92 Å². The van der Waals surface area contributed by atoms with Crippen LogP contribution in [0.5, 0.6) is 0 Å². The van der Waals surface area contributed by atoms with Gasteiger partial charge in [0.05, 0.1) is 10.8 Å². The molecule has 1 saturated heterocycles. The van der Waals surface area contributed by atoms with E-state index in [0.717, 1.165) is 37.8 Å². The third-order valence-corrected chi connectivity index (χ3v) is 6.03. The van der Waals surface area contributed by atoms with E-state index >= 15 is 0 Å². The second-order valence-electron chi connectivity index (χ2n) is 6.51. The Morgan fingerprint density at radius 1 is 1.12 bits per heavy atom. The van der Waals surface area contributed by atoms with Crippen LogP contribution in [-0.2, 0) is 14.6 Å². The van der Waals surface area contributed by atoms with Gasteiger partial charge in [-0.3, -0.25) is 4.79 Å². The molecule has 1 saturated carbocycles. The first-order valence-corrected chi connectivity index (χ1v) is 9.63. The van der Waals surface area contributed by atoms with E-state index in [4.69, 9.17) is 0 Å². The molecule has 2 aliphatic rings. The number of carbonyl (C=O) groups is 1. The molecule has 3 rings (SSSR count). The zero-order chi connectivity index (χ0) is 18.2. The molecule has 5 nitrogen and oxygen atoms in total. The van der Waals surface area contributed by atoms with Gasteiger partial charge in [0.1, 0.15) is 0 Å². The number of hydrogen-bond donors (Lipinski definition) is 1. The van der Waals surface area contributed by atoms with Crippen LogP contribution in [0, 0.1) is 5.92 Å². The van der Waals surface area contributed by atoms with Gasteiger partial charge in [-0.1, -0.05) is 0 Å². The highest BCUT2D eigenvalue weighted by Gasteiger charge is 2.46. The third-order valence-electron chi connectivity index (χ3n) is 4.53. The third kappa shape index (κ3) is 3.91. The van der Waals surface area contributed by atoms with Crippen molar-refractivity contribution >= 4 is 21.4 Å². The molecule has 1 aromatic rings. The molecule has 138 valence electrons. The van der Waals surface area contributed by atoms with Gasteiger partial charge in [0.15, 0.2) is 0 Å². The van der Waals surface area contributed by atoms with Crippen LogP contribution in [0.4, 0.5) is 18.9 Å². The molecule has 0 radical (unpaired) electrons. The number of hydrogen-bond acceptors (Lipinski definition) is 4. The lowest BCUT2D eigenvalue weighted by molar-refractivity contribution is -0.125. The molecule has 1 heterocycles. The Balaban J connectivity index is 1.70. The number of piperidine rings is 1.